The Kier molecular flexibility index (Phi) is 4.08. The molecule has 0 aromatic heterocycles. The Morgan fingerprint density at radius 2 is 2.27 bits per heavy atom. The number of benzene rings is 1. The first-order chi connectivity index (χ1) is 7.10. The van der Waals surface area contributed by atoms with Crippen LogP contribution in [0.5, 0.6) is 0 Å². The van der Waals surface area contributed by atoms with Gasteiger partial charge in [0, 0.05) is 5.33 Å². The molecule has 0 saturated carbocycles. The number of alkyl halides is 1. The lowest BCUT2D eigenvalue weighted by atomic mass is 10.1. The third-order valence-electron chi connectivity index (χ3n) is 1.86. The van der Waals surface area contributed by atoms with E-state index in [-0.39, 0.29) is 17.9 Å². The van der Waals surface area contributed by atoms with Gasteiger partial charge in [-0.1, -0.05) is 15.9 Å². The fraction of sp³-hybridized carbons (Fsp3) is 0.300. The summed E-state index contributed by atoms with van der Waals surface area (Å²) in [6, 6.07) is 2.53. The predicted molar refractivity (Wildman–Crippen MR) is 59.4 cm³/mol. The van der Waals surface area contributed by atoms with E-state index in [2.05, 4.69) is 15.9 Å². The highest BCUT2D eigenvalue weighted by molar-refractivity contribution is 9.08. The molecule has 0 spiro atoms. The van der Waals surface area contributed by atoms with Gasteiger partial charge >= 0.3 is 5.97 Å². The third kappa shape index (κ3) is 2.68. The van der Waals surface area contributed by atoms with E-state index in [1.807, 2.05) is 0 Å². The van der Waals surface area contributed by atoms with Crippen LogP contribution in [0.15, 0.2) is 12.1 Å². The molecule has 0 saturated heterocycles. The number of ether oxygens (including phenoxy) is 1. The minimum atomic E-state index is -0.609. The molecule has 2 N–H and O–H groups in total. The van der Waals surface area contributed by atoms with E-state index in [1.165, 1.54) is 6.07 Å². The van der Waals surface area contributed by atoms with Crippen molar-refractivity contribution in [1.82, 2.24) is 0 Å². The average molecular weight is 276 g/mol. The number of nitrogens with two attached hydrogens (primary N) is 1. The topological polar surface area (TPSA) is 52.3 Å². The highest BCUT2D eigenvalue weighted by Crippen LogP contribution is 2.20. The van der Waals surface area contributed by atoms with E-state index in [0.29, 0.717) is 10.9 Å². The predicted octanol–water partition coefficient (Wildman–Crippen LogP) is 2.48. The molecule has 0 radical (unpaired) electrons. The van der Waals surface area contributed by atoms with Crippen molar-refractivity contribution >= 4 is 27.6 Å². The molecule has 82 valence electrons. The van der Waals surface area contributed by atoms with Crippen LogP contribution in [0, 0.1) is 5.82 Å². The summed E-state index contributed by atoms with van der Waals surface area (Å²) in [5, 5.41) is 0.422. The van der Waals surface area contributed by atoms with E-state index < -0.39 is 11.8 Å². The van der Waals surface area contributed by atoms with Crippen molar-refractivity contribution in [2.75, 3.05) is 12.3 Å². The minimum absolute atomic E-state index is 0.0255. The van der Waals surface area contributed by atoms with Gasteiger partial charge < -0.3 is 10.5 Å². The third-order valence-corrected chi connectivity index (χ3v) is 2.47. The van der Waals surface area contributed by atoms with Crippen molar-refractivity contribution in [3.05, 3.63) is 29.1 Å². The number of halogens is 2. The number of carbonyl (C=O) groups excluding carboxylic acids is 1. The molecular weight excluding hydrogens is 265 g/mol. The number of nitrogen functional groups attached to an aromatic ring is 1. The van der Waals surface area contributed by atoms with E-state index in [4.69, 9.17) is 10.5 Å². The van der Waals surface area contributed by atoms with E-state index >= 15 is 0 Å². The Morgan fingerprint density at radius 3 is 2.80 bits per heavy atom. The highest BCUT2D eigenvalue weighted by Gasteiger charge is 2.14. The summed E-state index contributed by atoms with van der Waals surface area (Å²) in [5.74, 6) is -1.14. The van der Waals surface area contributed by atoms with E-state index in [9.17, 15) is 9.18 Å². The van der Waals surface area contributed by atoms with Gasteiger partial charge in [0.25, 0.3) is 0 Å². The van der Waals surface area contributed by atoms with Crippen molar-refractivity contribution in [3.8, 4) is 0 Å². The molecule has 15 heavy (non-hydrogen) atoms. The van der Waals surface area contributed by atoms with Crippen molar-refractivity contribution < 1.29 is 13.9 Å². The Labute approximate surface area is 95.5 Å². The largest absolute Gasteiger partial charge is 0.462 e. The maximum atomic E-state index is 13.1. The summed E-state index contributed by atoms with van der Waals surface area (Å²) in [5.41, 5.74) is 6.24. The van der Waals surface area contributed by atoms with Crippen molar-refractivity contribution in [1.29, 1.82) is 0 Å². The Bertz CT molecular complexity index is 382. The number of rotatable bonds is 3. The summed E-state index contributed by atoms with van der Waals surface area (Å²) in [7, 11) is 0. The van der Waals surface area contributed by atoms with Gasteiger partial charge in [-0.05, 0) is 24.6 Å². The first-order valence-electron chi connectivity index (χ1n) is 4.41. The summed E-state index contributed by atoms with van der Waals surface area (Å²) in [4.78, 5) is 11.4. The van der Waals surface area contributed by atoms with Gasteiger partial charge in [-0.15, -0.1) is 0 Å². The maximum Gasteiger partial charge on any atom is 0.338 e. The van der Waals surface area contributed by atoms with Crippen LogP contribution < -0.4 is 5.73 Å². The normalized spacial score (nSPS) is 10.1. The van der Waals surface area contributed by atoms with E-state index in [0.717, 1.165) is 6.07 Å². The second-order valence-electron chi connectivity index (χ2n) is 2.88. The number of hydrogen-bond acceptors (Lipinski definition) is 3. The Hall–Kier alpha value is -1.10. The number of esters is 1. The quantitative estimate of drug-likeness (QED) is 0.524. The molecule has 0 aliphatic heterocycles. The molecule has 5 heteroatoms. The average Bonchev–Trinajstić information content (AvgIpc) is 2.21. The van der Waals surface area contributed by atoms with Crippen LogP contribution >= 0.6 is 15.9 Å². The van der Waals surface area contributed by atoms with Gasteiger partial charge in [0.05, 0.1) is 17.9 Å². The monoisotopic (exact) mass is 275 g/mol. The Balaban J connectivity index is 3.15. The molecule has 1 aromatic rings. The lowest BCUT2D eigenvalue weighted by molar-refractivity contribution is 0.0525. The van der Waals surface area contributed by atoms with Crippen LogP contribution in [0.4, 0.5) is 10.1 Å². The SMILES string of the molecule is CCOC(=O)c1cc(F)c(N)cc1CBr. The Morgan fingerprint density at radius 1 is 1.60 bits per heavy atom. The maximum absolute atomic E-state index is 13.1. The lowest BCUT2D eigenvalue weighted by Crippen LogP contribution is -2.09. The summed E-state index contributed by atoms with van der Waals surface area (Å²) in [6.07, 6.45) is 0. The minimum Gasteiger partial charge on any atom is -0.462 e. The lowest BCUT2D eigenvalue weighted by Gasteiger charge is -2.08. The fourth-order valence-corrected chi connectivity index (χ4v) is 1.61. The number of anilines is 1. The molecule has 0 fully saturated rings. The molecule has 0 heterocycles. The number of carbonyl (C=O) groups is 1. The van der Waals surface area contributed by atoms with Gasteiger partial charge in [0.15, 0.2) is 0 Å². The van der Waals surface area contributed by atoms with E-state index in [1.54, 1.807) is 6.92 Å². The smallest absolute Gasteiger partial charge is 0.338 e. The molecule has 0 aliphatic carbocycles. The molecule has 0 amide bonds. The van der Waals surface area contributed by atoms with Crippen LogP contribution in [0.2, 0.25) is 0 Å². The molecule has 3 nitrogen and oxygen atoms in total. The fourth-order valence-electron chi connectivity index (χ4n) is 1.15. The van der Waals surface area contributed by atoms with Gasteiger partial charge in [0.2, 0.25) is 0 Å². The van der Waals surface area contributed by atoms with Gasteiger partial charge in [-0.25, -0.2) is 9.18 Å². The highest BCUT2D eigenvalue weighted by atomic mass is 79.9. The molecule has 1 rings (SSSR count). The van der Waals surface area contributed by atoms with Gasteiger partial charge in [-0.3, -0.25) is 0 Å². The summed E-state index contributed by atoms with van der Waals surface area (Å²) < 4.78 is 17.9. The van der Waals surface area contributed by atoms with Gasteiger partial charge in [-0.2, -0.15) is 0 Å². The number of hydrogen-bond donors (Lipinski definition) is 1. The van der Waals surface area contributed by atoms with Crippen LogP contribution in [-0.2, 0) is 10.1 Å². The first-order valence-corrected chi connectivity index (χ1v) is 5.53. The van der Waals surface area contributed by atoms with Crippen molar-refractivity contribution in [2.45, 2.75) is 12.3 Å². The second-order valence-corrected chi connectivity index (χ2v) is 3.45. The van der Waals surface area contributed by atoms with Crippen LogP contribution in [0.25, 0.3) is 0 Å². The molecule has 0 unspecified atom stereocenters. The zero-order chi connectivity index (χ0) is 11.4. The standard InChI is InChI=1S/C10H11BrFNO2/c1-2-15-10(14)7-4-8(12)9(13)3-6(7)5-11/h3-4H,2,5,13H2,1H3. The van der Waals surface area contributed by atoms with Crippen molar-refractivity contribution in [3.63, 3.8) is 0 Å². The van der Waals surface area contributed by atoms with Crippen LogP contribution in [-0.4, -0.2) is 12.6 Å². The second kappa shape index (κ2) is 5.11. The summed E-state index contributed by atoms with van der Waals surface area (Å²) in [6.45, 7) is 1.95. The molecule has 0 atom stereocenters. The van der Waals surface area contributed by atoms with Crippen molar-refractivity contribution in [2.24, 2.45) is 0 Å². The van der Waals surface area contributed by atoms with Crippen LogP contribution in [0.1, 0.15) is 22.8 Å². The summed E-state index contributed by atoms with van der Waals surface area (Å²) >= 11 is 3.20. The zero-order valence-corrected chi connectivity index (χ0v) is 9.80. The first kappa shape index (κ1) is 12.0. The van der Waals surface area contributed by atoms with Gasteiger partial charge in [0.1, 0.15) is 5.82 Å². The zero-order valence-electron chi connectivity index (χ0n) is 8.22. The van der Waals surface area contributed by atoms with Crippen LogP contribution in [0.3, 0.4) is 0 Å². The molecular formula is C10H11BrFNO2. The molecule has 1 aromatic carbocycles. The molecule has 0 bridgehead atoms. The molecule has 0 aliphatic rings.